The molecule has 0 radical (unpaired) electrons. The molecule has 0 spiro atoms. The van der Waals surface area contributed by atoms with E-state index in [1.165, 1.54) is 65.3 Å². The van der Waals surface area contributed by atoms with Gasteiger partial charge in [-0.1, -0.05) is 121 Å². The molecule has 0 saturated carbocycles. The molecule has 0 unspecified atom stereocenters. The van der Waals surface area contributed by atoms with Gasteiger partial charge in [0, 0.05) is 43.1 Å². The van der Waals surface area contributed by atoms with Crippen molar-refractivity contribution in [2.75, 3.05) is 0 Å². The molecule has 3 aromatic heterocycles. The molecular weight excluding hydrogens is 641 g/mol. The molecule has 51 heavy (non-hydrogen) atoms. The zero-order valence-electron chi connectivity index (χ0n) is 27.2. The zero-order valence-corrected chi connectivity index (χ0v) is 28.1. The highest BCUT2D eigenvalue weighted by atomic mass is 32.1. The first-order valence-corrected chi connectivity index (χ1v) is 18.3. The van der Waals surface area contributed by atoms with Crippen LogP contribution in [0, 0.1) is 0 Å². The van der Waals surface area contributed by atoms with Gasteiger partial charge in [0.1, 0.15) is 22.3 Å². The van der Waals surface area contributed by atoms with Gasteiger partial charge in [0.05, 0.1) is 0 Å². The number of rotatable bonds is 2. The fraction of sp³-hybridized carbons (Fsp3) is 0. The molecule has 0 saturated heterocycles. The lowest BCUT2D eigenvalue weighted by atomic mass is 9.86. The van der Waals surface area contributed by atoms with Gasteiger partial charge in [-0.25, -0.2) is 0 Å². The molecular formula is C48H26O2S. The summed E-state index contributed by atoms with van der Waals surface area (Å²) in [6.45, 7) is 0. The predicted molar refractivity (Wildman–Crippen MR) is 217 cm³/mol. The molecule has 0 aliphatic carbocycles. The third-order valence-electron chi connectivity index (χ3n) is 11.0. The maximum Gasteiger partial charge on any atom is 0.144 e. The summed E-state index contributed by atoms with van der Waals surface area (Å²) in [5, 5.41) is 21.0. The smallest absolute Gasteiger partial charge is 0.144 e. The van der Waals surface area contributed by atoms with E-state index in [0.29, 0.717) is 0 Å². The summed E-state index contributed by atoms with van der Waals surface area (Å²) in [5.74, 6) is 0. The van der Waals surface area contributed by atoms with Crippen molar-refractivity contribution in [3.05, 3.63) is 156 Å². The van der Waals surface area contributed by atoms with Crippen LogP contribution in [-0.2, 0) is 0 Å². The highest BCUT2D eigenvalue weighted by Crippen LogP contribution is 2.52. The van der Waals surface area contributed by atoms with Gasteiger partial charge >= 0.3 is 0 Å². The second-order valence-corrected chi connectivity index (χ2v) is 14.3. The number of para-hydroxylation sites is 2. The van der Waals surface area contributed by atoms with Gasteiger partial charge in [-0.2, -0.15) is 11.3 Å². The molecule has 9 aromatic carbocycles. The minimum atomic E-state index is 0.883. The third kappa shape index (κ3) is 3.65. The zero-order chi connectivity index (χ0) is 33.2. The second kappa shape index (κ2) is 10.1. The Balaban J connectivity index is 1.36. The Labute approximate surface area is 295 Å². The van der Waals surface area contributed by atoms with Gasteiger partial charge in [-0.15, -0.1) is 0 Å². The average Bonchev–Trinajstić information content (AvgIpc) is 3.93. The summed E-state index contributed by atoms with van der Waals surface area (Å²) >= 11 is 1.75. The van der Waals surface area contributed by atoms with E-state index in [4.69, 9.17) is 8.83 Å². The van der Waals surface area contributed by atoms with Crippen molar-refractivity contribution in [2.45, 2.75) is 0 Å². The minimum Gasteiger partial charge on any atom is -0.455 e. The van der Waals surface area contributed by atoms with Crippen molar-refractivity contribution in [1.82, 2.24) is 0 Å². The largest absolute Gasteiger partial charge is 0.455 e. The van der Waals surface area contributed by atoms with Gasteiger partial charge in [0.25, 0.3) is 0 Å². The first kappa shape index (κ1) is 27.4. The van der Waals surface area contributed by atoms with E-state index < -0.39 is 0 Å². The monoisotopic (exact) mass is 666 g/mol. The van der Waals surface area contributed by atoms with Gasteiger partial charge in [-0.3, -0.25) is 0 Å². The first-order chi connectivity index (χ1) is 25.3. The Bertz CT molecular complexity index is 3190. The van der Waals surface area contributed by atoms with E-state index in [0.717, 1.165) is 54.6 Å². The normalized spacial score (nSPS) is 12.3. The quantitative estimate of drug-likeness (QED) is 0.172. The van der Waals surface area contributed by atoms with Crippen LogP contribution in [0.5, 0.6) is 0 Å². The molecule has 0 fully saturated rings. The molecule has 0 bridgehead atoms. The second-order valence-electron chi connectivity index (χ2n) is 13.6. The predicted octanol–water partition coefficient (Wildman–Crippen LogP) is 14.6. The van der Waals surface area contributed by atoms with E-state index >= 15 is 0 Å². The van der Waals surface area contributed by atoms with Crippen molar-refractivity contribution in [3.8, 4) is 22.3 Å². The maximum absolute atomic E-state index is 7.03. The highest BCUT2D eigenvalue weighted by molar-refractivity contribution is 7.09. The first-order valence-electron chi connectivity index (χ1n) is 17.3. The Morgan fingerprint density at radius 2 is 0.725 bits per heavy atom. The summed E-state index contributed by atoms with van der Waals surface area (Å²) < 4.78 is 14.1. The van der Waals surface area contributed by atoms with Crippen molar-refractivity contribution < 1.29 is 8.83 Å². The number of hydrogen-bond donors (Lipinski definition) is 0. The Morgan fingerprint density at radius 1 is 0.314 bits per heavy atom. The van der Waals surface area contributed by atoms with Gasteiger partial charge < -0.3 is 8.83 Å². The van der Waals surface area contributed by atoms with Crippen LogP contribution in [0.25, 0.3) is 120 Å². The summed E-state index contributed by atoms with van der Waals surface area (Å²) in [4.78, 5) is 0. The number of furan rings is 2. The molecule has 236 valence electrons. The van der Waals surface area contributed by atoms with Crippen molar-refractivity contribution in [1.29, 1.82) is 0 Å². The van der Waals surface area contributed by atoms with E-state index in [9.17, 15) is 0 Å². The summed E-state index contributed by atoms with van der Waals surface area (Å²) in [6.07, 6.45) is 0. The van der Waals surface area contributed by atoms with Crippen molar-refractivity contribution in [3.63, 3.8) is 0 Å². The molecule has 0 aliphatic heterocycles. The summed E-state index contributed by atoms with van der Waals surface area (Å²) in [5.41, 5.74) is 8.33. The SMILES string of the molecule is c1ccc2c(-c3cc4c5cscc5c5cc(-c6cccc7ccccc67)c6c7ccccc7oc6c5c4c4oc5ccccc5c34)cccc2c1. The standard InChI is InChI=1S/C48H26O2S/c1-3-15-29-27(11-1)13-9-19-31(29)35-23-37-39-25-51-26-40(39)38-24-36(32-20-10-14-28-12-2-4-16-30(28)32)44-34-18-6-8-22-42(34)50-48(44)46(38)45(37)47-43(35)33-17-5-7-21-41(33)49-47/h1-26H. The van der Waals surface area contributed by atoms with Crippen LogP contribution in [-0.4, -0.2) is 0 Å². The molecule has 3 heteroatoms. The molecule has 0 atom stereocenters. The van der Waals surface area contributed by atoms with E-state index in [-0.39, 0.29) is 0 Å². The Morgan fingerprint density at radius 3 is 1.22 bits per heavy atom. The number of benzene rings is 9. The summed E-state index contributed by atoms with van der Waals surface area (Å²) in [6, 6.07) is 52.4. The number of hydrogen-bond acceptors (Lipinski definition) is 3. The van der Waals surface area contributed by atoms with E-state index in [1.54, 1.807) is 11.3 Å². The molecule has 0 amide bonds. The lowest BCUT2D eigenvalue weighted by Gasteiger charge is -2.16. The van der Waals surface area contributed by atoms with Crippen LogP contribution in [0.4, 0.5) is 0 Å². The van der Waals surface area contributed by atoms with Gasteiger partial charge in [0.2, 0.25) is 0 Å². The lowest BCUT2D eigenvalue weighted by molar-refractivity contribution is 0.670. The van der Waals surface area contributed by atoms with Crippen LogP contribution >= 0.6 is 11.3 Å². The molecule has 2 nitrogen and oxygen atoms in total. The van der Waals surface area contributed by atoms with Crippen LogP contribution < -0.4 is 0 Å². The maximum atomic E-state index is 7.03. The van der Waals surface area contributed by atoms with Crippen LogP contribution in [0.3, 0.4) is 0 Å². The Kier molecular flexibility index (Phi) is 5.41. The molecule has 0 N–H and O–H groups in total. The van der Waals surface area contributed by atoms with Crippen LogP contribution in [0.15, 0.2) is 165 Å². The van der Waals surface area contributed by atoms with Crippen LogP contribution in [0.2, 0.25) is 0 Å². The fourth-order valence-electron chi connectivity index (χ4n) is 8.78. The third-order valence-corrected chi connectivity index (χ3v) is 11.7. The van der Waals surface area contributed by atoms with Gasteiger partial charge in [-0.05, 0) is 89.6 Å². The van der Waals surface area contributed by atoms with Crippen LogP contribution in [0.1, 0.15) is 0 Å². The Hall–Kier alpha value is -6.42. The molecule has 12 aromatic rings. The minimum absolute atomic E-state index is 0.883. The summed E-state index contributed by atoms with van der Waals surface area (Å²) in [7, 11) is 0. The molecule has 12 rings (SSSR count). The lowest BCUT2D eigenvalue weighted by Crippen LogP contribution is -1.89. The topological polar surface area (TPSA) is 26.3 Å². The number of thiophene rings is 1. The fourth-order valence-corrected chi connectivity index (χ4v) is 9.63. The molecule has 0 aliphatic rings. The number of fused-ring (bicyclic) bond motifs is 16. The highest BCUT2D eigenvalue weighted by Gasteiger charge is 2.26. The van der Waals surface area contributed by atoms with E-state index in [1.807, 2.05) is 0 Å². The van der Waals surface area contributed by atoms with Crippen molar-refractivity contribution in [2.24, 2.45) is 0 Å². The van der Waals surface area contributed by atoms with Gasteiger partial charge in [0.15, 0.2) is 0 Å². The van der Waals surface area contributed by atoms with Crippen molar-refractivity contribution >= 4 is 109 Å². The average molecular weight is 667 g/mol. The van der Waals surface area contributed by atoms with E-state index in [2.05, 4.69) is 156 Å². The molecule has 3 heterocycles.